The van der Waals surface area contributed by atoms with E-state index in [-0.39, 0.29) is 12.5 Å². The number of aryl methyl sites for hydroxylation is 1. The Morgan fingerprint density at radius 3 is 3.00 bits per heavy atom. The Morgan fingerprint density at radius 1 is 1.25 bits per heavy atom. The number of nitrogens with zero attached hydrogens (tertiary/aromatic N) is 7. The molecular weight excluding hydrogens is 308 g/mol. The van der Waals surface area contributed by atoms with E-state index < -0.39 is 0 Å². The molecule has 0 atom stereocenters. The highest BCUT2D eigenvalue weighted by atomic mass is 16.2. The molecule has 0 aromatic carbocycles. The molecule has 0 bridgehead atoms. The summed E-state index contributed by atoms with van der Waals surface area (Å²) in [5.41, 5.74) is 2.67. The van der Waals surface area contributed by atoms with Crippen molar-refractivity contribution in [3.63, 3.8) is 0 Å². The number of anilines is 1. The number of hydrogen-bond acceptors (Lipinski definition) is 5. The van der Waals surface area contributed by atoms with E-state index in [0.29, 0.717) is 5.82 Å². The third-order valence-electron chi connectivity index (χ3n) is 3.52. The van der Waals surface area contributed by atoms with Gasteiger partial charge in [0.1, 0.15) is 12.2 Å². The first-order chi connectivity index (χ1) is 11.7. The van der Waals surface area contributed by atoms with E-state index in [2.05, 4.69) is 25.7 Å². The number of pyridine rings is 1. The standard InChI is InChI=1S/C15H14N8O/c1-21-9-13(19-20-21)18-15(24)10-22-8-11(6-17-22)12-7-16-14-4-2-3-5-23(12)14/h2-9H,10H2,1H3,(H,18,24). The minimum Gasteiger partial charge on any atom is -0.306 e. The molecule has 0 aliphatic carbocycles. The smallest absolute Gasteiger partial charge is 0.247 e. The molecule has 1 amide bonds. The lowest BCUT2D eigenvalue weighted by Gasteiger charge is -2.01. The first-order valence-electron chi connectivity index (χ1n) is 7.30. The molecule has 4 heterocycles. The zero-order valence-corrected chi connectivity index (χ0v) is 12.9. The van der Waals surface area contributed by atoms with Crippen LogP contribution in [-0.4, -0.2) is 40.1 Å². The minimum atomic E-state index is -0.219. The Labute approximate surface area is 136 Å². The van der Waals surface area contributed by atoms with Crippen molar-refractivity contribution >= 4 is 17.4 Å². The molecule has 0 spiro atoms. The molecular formula is C15H14N8O. The van der Waals surface area contributed by atoms with Crippen LogP contribution in [0.4, 0.5) is 5.82 Å². The summed E-state index contributed by atoms with van der Waals surface area (Å²) in [6.07, 6.45) is 8.88. The molecule has 4 aromatic heterocycles. The van der Waals surface area contributed by atoms with Crippen LogP contribution in [-0.2, 0) is 18.4 Å². The number of hydrogen-bond donors (Lipinski definition) is 1. The third kappa shape index (κ3) is 2.62. The van der Waals surface area contributed by atoms with Crippen LogP contribution in [0.25, 0.3) is 16.9 Å². The number of imidazole rings is 1. The summed E-state index contributed by atoms with van der Waals surface area (Å²) in [7, 11) is 1.73. The molecule has 0 saturated carbocycles. The molecule has 1 N–H and O–H groups in total. The number of aromatic nitrogens is 7. The Morgan fingerprint density at radius 2 is 2.17 bits per heavy atom. The number of carbonyl (C=O) groups excluding carboxylic acids is 1. The van der Waals surface area contributed by atoms with Gasteiger partial charge in [0.15, 0.2) is 5.82 Å². The van der Waals surface area contributed by atoms with Crippen molar-refractivity contribution in [2.45, 2.75) is 6.54 Å². The molecule has 4 rings (SSSR count). The summed E-state index contributed by atoms with van der Waals surface area (Å²) in [5, 5.41) is 14.5. The van der Waals surface area contributed by atoms with Gasteiger partial charge in [-0.25, -0.2) is 4.98 Å². The summed E-state index contributed by atoms with van der Waals surface area (Å²) in [4.78, 5) is 16.4. The van der Waals surface area contributed by atoms with Gasteiger partial charge in [0.2, 0.25) is 5.91 Å². The first-order valence-corrected chi connectivity index (χ1v) is 7.30. The molecule has 0 aliphatic rings. The Kier molecular flexibility index (Phi) is 3.30. The zero-order valence-electron chi connectivity index (χ0n) is 12.9. The normalized spacial score (nSPS) is 11.0. The van der Waals surface area contributed by atoms with Crippen molar-refractivity contribution in [1.29, 1.82) is 0 Å². The lowest BCUT2D eigenvalue weighted by atomic mass is 10.3. The Balaban J connectivity index is 1.51. The highest BCUT2D eigenvalue weighted by Crippen LogP contribution is 2.19. The van der Waals surface area contributed by atoms with Crippen LogP contribution in [0.5, 0.6) is 0 Å². The van der Waals surface area contributed by atoms with Crippen molar-refractivity contribution in [2.75, 3.05) is 5.32 Å². The van der Waals surface area contributed by atoms with E-state index in [1.165, 1.54) is 4.68 Å². The van der Waals surface area contributed by atoms with Gasteiger partial charge in [-0.1, -0.05) is 11.3 Å². The molecule has 120 valence electrons. The van der Waals surface area contributed by atoms with E-state index in [0.717, 1.165) is 16.9 Å². The van der Waals surface area contributed by atoms with Gasteiger partial charge in [-0.2, -0.15) is 5.10 Å². The van der Waals surface area contributed by atoms with Crippen molar-refractivity contribution in [3.05, 3.63) is 49.2 Å². The fourth-order valence-electron chi connectivity index (χ4n) is 2.46. The predicted octanol–water partition coefficient (Wildman–Crippen LogP) is 0.965. The predicted molar refractivity (Wildman–Crippen MR) is 86.0 cm³/mol. The van der Waals surface area contributed by atoms with Crippen molar-refractivity contribution in [3.8, 4) is 11.3 Å². The second-order valence-corrected chi connectivity index (χ2v) is 5.32. The summed E-state index contributed by atoms with van der Waals surface area (Å²) < 4.78 is 5.07. The van der Waals surface area contributed by atoms with Crippen molar-refractivity contribution in [1.82, 2.24) is 34.2 Å². The SMILES string of the molecule is Cn1cc(NC(=O)Cn2cc(-c3cnc4ccccn34)cn2)nn1. The zero-order chi connectivity index (χ0) is 16.5. The maximum atomic E-state index is 12.0. The van der Waals surface area contributed by atoms with Crippen LogP contribution in [0.2, 0.25) is 0 Å². The fourth-order valence-corrected chi connectivity index (χ4v) is 2.46. The van der Waals surface area contributed by atoms with Gasteiger partial charge in [0, 0.05) is 25.0 Å². The first kappa shape index (κ1) is 14.1. The molecule has 0 aliphatic heterocycles. The molecule has 0 fully saturated rings. The monoisotopic (exact) mass is 322 g/mol. The topological polar surface area (TPSA) is 94.9 Å². The number of carbonyl (C=O) groups is 1. The van der Waals surface area contributed by atoms with Gasteiger partial charge in [-0.15, -0.1) is 5.10 Å². The van der Waals surface area contributed by atoms with Gasteiger partial charge in [-0.3, -0.25) is 18.6 Å². The van der Waals surface area contributed by atoms with Crippen LogP contribution in [0.15, 0.2) is 49.2 Å². The largest absolute Gasteiger partial charge is 0.306 e. The molecule has 0 radical (unpaired) electrons. The second-order valence-electron chi connectivity index (χ2n) is 5.32. The molecule has 0 saturated heterocycles. The third-order valence-corrected chi connectivity index (χ3v) is 3.52. The summed E-state index contributed by atoms with van der Waals surface area (Å²) in [5.74, 6) is 0.194. The Hall–Kier alpha value is -3.49. The maximum absolute atomic E-state index is 12.0. The number of fused-ring (bicyclic) bond motifs is 1. The van der Waals surface area contributed by atoms with Gasteiger partial charge in [0.05, 0.1) is 24.3 Å². The summed E-state index contributed by atoms with van der Waals surface area (Å²) in [6, 6.07) is 5.81. The fraction of sp³-hybridized carbons (Fsp3) is 0.133. The van der Waals surface area contributed by atoms with Crippen molar-refractivity contribution in [2.24, 2.45) is 7.05 Å². The number of rotatable bonds is 4. The lowest BCUT2D eigenvalue weighted by molar-refractivity contribution is -0.116. The van der Waals surface area contributed by atoms with E-state index in [9.17, 15) is 4.79 Å². The van der Waals surface area contributed by atoms with Gasteiger partial charge in [-0.05, 0) is 12.1 Å². The van der Waals surface area contributed by atoms with Crippen molar-refractivity contribution < 1.29 is 4.79 Å². The minimum absolute atomic E-state index is 0.0906. The molecule has 9 heteroatoms. The van der Waals surface area contributed by atoms with Crippen LogP contribution in [0.1, 0.15) is 0 Å². The number of nitrogens with one attached hydrogen (secondary N) is 1. The van der Waals surface area contributed by atoms with Crippen LogP contribution in [0.3, 0.4) is 0 Å². The van der Waals surface area contributed by atoms with Gasteiger partial charge < -0.3 is 5.32 Å². The van der Waals surface area contributed by atoms with E-state index in [1.54, 1.807) is 30.3 Å². The van der Waals surface area contributed by atoms with Crippen LogP contribution in [0, 0.1) is 0 Å². The Bertz CT molecular complexity index is 1010. The van der Waals surface area contributed by atoms with Gasteiger partial charge >= 0.3 is 0 Å². The van der Waals surface area contributed by atoms with E-state index in [4.69, 9.17) is 0 Å². The highest BCUT2D eigenvalue weighted by Gasteiger charge is 2.10. The quantitative estimate of drug-likeness (QED) is 0.604. The average molecular weight is 322 g/mol. The second kappa shape index (κ2) is 5.61. The average Bonchev–Trinajstić information content (AvgIpc) is 3.27. The molecule has 4 aromatic rings. The van der Waals surface area contributed by atoms with Gasteiger partial charge in [0.25, 0.3) is 0 Å². The summed E-state index contributed by atoms with van der Waals surface area (Å²) in [6.45, 7) is 0.0906. The summed E-state index contributed by atoms with van der Waals surface area (Å²) >= 11 is 0. The number of amides is 1. The molecule has 0 unspecified atom stereocenters. The van der Waals surface area contributed by atoms with E-state index in [1.807, 2.05) is 35.0 Å². The molecule has 24 heavy (non-hydrogen) atoms. The highest BCUT2D eigenvalue weighted by molar-refractivity contribution is 5.89. The maximum Gasteiger partial charge on any atom is 0.247 e. The van der Waals surface area contributed by atoms with Crippen LogP contribution >= 0.6 is 0 Å². The van der Waals surface area contributed by atoms with E-state index >= 15 is 0 Å². The lowest BCUT2D eigenvalue weighted by Crippen LogP contribution is -2.19. The van der Waals surface area contributed by atoms with Crippen LogP contribution < -0.4 is 5.32 Å². The molecule has 9 nitrogen and oxygen atoms in total.